The maximum atomic E-state index is 12.8. The Bertz CT molecular complexity index is 673. The largest absolute Gasteiger partial charge is 0.351 e. The Morgan fingerprint density at radius 3 is 3.00 bits per heavy atom. The molecule has 1 amide bonds. The van der Waals surface area contributed by atoms with Gasteiger partial charge in [-0.2, -0.15) is 0 Å². The zero-order valence-electron chi connectivity index (χ0n) is 11.9. The third-order valence-corrected chi connectivity index (χ3v) is 5.05. The van der Waals surface area contributed by atoms with Crippen LogP contribution in [0.15, 0.2) is 30.5 Å². The number of hydrogen-bond donors (Lipinski definition) is 0. The van der Waals surface area contributed by atoms with Crippen LogP contribution in [0, 0.1) is 5.92 Å². The molecule has 0 spiro atoms. The van der Waals surface area contributed by atoms with Gasteiger partial charge in [0.05, 0.1) is 0 Å². The molecule has 2 fully saturated rings. The molecule has 3 heteroatoms. The number of benzene rings is 1. The normalized spacial score (nSPS) is 25.4. The molecule has 1 aliphatic carbocycles. The smallest absolute Gasteiger partial charge is 0.254 e. The van der Waals surface area contributed by atoms with E-state index in [1.807, 2.05) is 25.4 Å². The maximum absolute atomic E-state index is 12.8. The van der Waals surface area contributed by atoms with Gasteiger partial charge in [0.15, 0.2) is 0 Å². The van der Waals surface area contributed by atoms with Crippen LogP contribution in [0.1, 0.15) is 36.0 Å². The molecule has 2 atom stereocenters. The minimum Gasteiger partial charge on any atom is -0.351 e. The molecule has 4 rings (SSSR count). The third-order valence-electron chi connectivity index (χ3n) is 5.05. The molecule has 20 heavy (non-hydrogen) atoms. The van der Waals surface area contributed by atoms with Crippen molar-refractivity contribution in [3.05, 3.63) is 36.0 Å². The highest BCUT2D eigenvalue weighted by Gasteiger charge is 2.37. The Labute approximate surface area is 119 Å². The highest BCUT2D eigenvalue weighted by atomic mass is 16.2. The van der Waals surface area contributed by atoms with E-state index in [1.165, 1.54) is 31.1 Å². The number of hydrogen-bond acceptors (Lipinski definition) is 1. The van der Waals surface area contributed by atoms with Gasteiger partial charge < -0.3 is 9.47 Å². The summed E-state index contributed by atoms with van der Waals surface area (Å²) in [7, 11) is 2.03. The zero-order chi connectivity index (χ0) is 13.7. The van der Waals surface area contributed by atoms with Crippen molar-refractivity contribution < 1.29 is 4.79 Å². The van der Waals surface area contributed by atoms with Gasteiger partial charge in [-0.05, 0) is 48.8 Å². The maximum Gasteiger partial charge on any atom is 0.254 e. The monoisotopic (exact) mass is 268 g/mol. The lowest BCUT2D eigenvalue weighted by atomic mass is 9.90. The average Bonchev–Trinajstić information content (AvgIpc) is 2.98. The summed E-state index contributed by atoms with van der Waals surface area (Å²) in [4.78, 5) is 14.9. The summed E-state index contributed by atoms with van der Waals surface area (Å²) in [5, 5.41) is 1.20. The van der Waals surface area contributed by atoms with Crippen molar-refractivity contribution in [3.8, 4) is 0 Å². The van der Waals surface area contributed by atoms with Crippen LogP contribution in [0.4, 0.5) is 0 Å². The molecule has 2 heterocycles. The highest BCUT2D eigenvalue weighted by molar-refractivity contribution is 5.98. The lowest BCUT2D eigenvalue weighted by molar-refractivity contribution is 0.0733. The third kappa shape index (κ3) is 1.76. The molecule has 3 nitrogen and oxygen atoms in total. The predicted octanol–water partition coefficient (Wildman–Crippen LogP) is 3.19. The molecule has 0 N–H and O–H groups in total. The Kier molecular flexibility index (Phi) is 2.62. The second-order valence-corrected chi connectivity index (χ2v) is 6.34. The van der Waals surface area contributed by atoms with E-state index in [1.54, 1.807) is 0 Å². The van der Waals surface area contributed by atoms with Gasteiger partial charge in [0.2, 0.25) is 0 Å². The van der Waals surface area contributed by atoms with Crippen LogP contribution in [-0.2, 0) is 7.05 Å². The van der Waals surface area contributed by atoms with E-state index in [-0.39, 0.29) is 5.91 Å². The van der Waals surface area contributed by atoms with E-state index >= 15 is 0 Å². The first kappa shape index (κ1) is 12.0. The van der Waals surface area contributed by atoms with Crippen molar-refractivity contribution in [1.82, 2.24) is 9.47 Å². The van der Waals surface area contributed by atoms with Gasteiger partial charge in [0, 0.05) is 36.9 Å². The fourth-order valence-corrected chi connectivity index (χ4v) is 3.95. The molecule has 1 saturated heterocycles. The van der Waals surface area contributed by atoms with Gasteiger partial charge in [-0.3, -0.25) is 4.79 Å². The van der Waals surface area contributed by atoms with Crippen molar-refractivity contribution in [3.63, 3.8) is 0 Å². The van der Waals surface area contributed by atoms with Crippen LogP contribution in [0.3, 0.4) is 0 Å². The molecule has 1 aliphatic heterocycles. The van der Waals surface area contributed by atoms with E-state index in [0.29, 0.717) is 6.04 Å². The fraction of sp³-hybridized carbons (Fsp3) is 0.471. The zero-order valence-corrected chi connectivity index (χ0v) is 11.9. The van der Waals surface area contributed by atoms with Crippen LogP contribution in [0.2, 0.25) is 0 Å². The average molecular weight is 268 g/mol. The molecule has 2 bridgehead atoms. The number of aryl methyl sites for hydroxylation is 1. The van der Waals surface area contributed by atoms with E-state index in [4.69, 9.17) is 0 Å². The lowest BCUT2D eigenvalue weighted by Gasteiger charge is -2.24. The minimum atomic E-state index is 0.225. The number of carbonyl (C=O) groups is 1. The van der Waals surface area contributed by atoms with Crippen molar-refractivity contribution in [2.75, 3.05) is 6.54 Å². The minimum absolute atomic E-state index is 0.225. The lowest BCUT2D eigenvalue weighted by Crippen LogP contribution is -2.35. The molecular formula is C17H20N2O. The number of amides is 1. The second-order valence-electron chi connectivity index (χ2n) is 6.34. The predicted molar refractivity (Wildman–Crippen MR) is 79.7 cm³/mol. The van der Waals surface area contributed by atoms with Crippen LogP contribution in [0.25, 0.3) is 10.9 Å². The van der Waals surface area contributed by atoms with Gasteiger partial charge in [-0.1, -0.05) is 12.5 Å². The first-order chi connectivity index (χ1) is 9.72. The summed E-state index contributed by atoms with van der Waals surface area (Å²) in [6, 6.07) is 8.66. The van der Waals surface area contributed by atoms with Crippen molar-refractivity contribution in [1.29, 1.82) is 0 Å². The van der Waals surface area contributed by atoms with Crippen LogP contribution < -0.4 is 0 Å². The molecule has 2 aliphatic rings. The van der Waals surface area contributed by atoms with Crippen molar-refractivity contribution in [2.45, 2.75) is 31.7 Å². The Balaban J connectivity index is 1.68. The Morgan fingerprint density at radius 1 is 1.25 bits per heavy atom. The molecule has 1 aromatic heterocycles. The van der Waals surface area contributed by atoms with Crippen LogP contribution in [-0.4, -0.2) is 28.0 Å². The SMILES string of the molecule is Cn1ccc2ccc(C(=O)N3C[C@@H]4CCC[C@H]3C4)cc21. The number of nitrogens with zero attached hydrogens (tertiary/aromatic N) is 2. The Hall–Kier alpha value is -1.77. The van der Waals surface area contributed by atoms with E-state index in [0.717, 1.165) is 23.5 Å². The first-order valence-corrected chi connectivity index (χ1v) is 7.58. The van der Waals surface area contributed by atoms with Gasteiger partial charge in [-0.25, -0.2) is 0 Å². The molecule has 2 aromatic rings. The molecule has 1 saturated carbocycles. The summed E-state index contributed by atoms with van der Waals surface area (Å²) in [5.41, 5.74) is 1.98. The highest BCUT2D eigenvalue weighted by Crippen LogP contribution is 2.36. The van der Waals surface area contributed by atoms with Crippen LogP contribution >= 0.6 is 0 Å². The molecular weight excluding hydrogens is 248 g/mol. The van der Waals surface area contributed by atoms with Crippen molar-refractivity contribution >= 4 is 16.8 Å². The molecule has 0 unspecified atom stereocenters. The van der Waals surface area contributed by atoms with E-state index in [2.05, 4.69) is 21.6 Å². The number of fused-ring (bicyclic) bond motifs is 3. The van der Waals surface area contributed by atoms with Gasteiger partial charge in [0.1, 0.15) is 0 Å². The summed E-state index contributed by atoms with van der Waals surface area (Å²) < 4.78 is 2.08. The van der Waals surface area contributed by atoms with Gasteiger partial charge in [-0.15, -0.1) is 0 Å². The molecule has 104 valence electrons. The summed E-state index contributed by atoms with van der Waals surface area (Å²) >= 11 is 0. The number of rotatable bonds is 1. The number of carbonyl (C=O) groups excluding carboxylic acids is 1. The summed E-state index contributed by atoms with van der Waals surface area (Å²) in [6.45, 7) is 0.967. The topological polar surface area (TPSA) is 25.2 Å². The second kappa shape index (κ2) is 4.37. The van der Waals surface area contributed by atoms with E-state index < -0.39 is 0 Å². The standard InChI is InChI=1S/C17H20N2O/c1-18-8-7-13-5-6-14(10-16(13)18)17(20)19-11-12-3-2-4-15(19)9-12/h5-8,10,12,15H,2-4,9,11H2,1H3/t12-,15+/m1/s1. The Morgan fingerprint density at radius 2 is 2.15 bits per heavy atom. The number of likely N-dealkylation sites (tertiary alicyclic amines) is 1. The summed E-state index contributed by atoms with van der Waals surface area (Å²) in [5.74, 6) is 0.971. The van der Waals surface area contributed by atoms with Gasteiger partial charge in [0.25, 0.3) is 5.91 Å². The molecule has 0 radical (unpaired) electrons. The number of aromatic nitrogens is 1. The van der Waals surface area contributed by atoms with Gasteiger partial charge >= 0.3 is 0 Å². The molecule has 1 aromatic carbocycles. The summed E-state index contributed by atoms with van der Waals surface area (Å²) in [6.07, 6.45) is 7.04. The van der Waals surface area contributed by atoms with Crippen LogP contribution in [0.5, 0.6) is 0 Å². The quantitative estimate of drug-likeness (QED) is 0.779. The first-order valence-electron chi connectivity index (χ1n) is 7.58. The fourth-order valence-electron chi connectivity index (χ4n) is 3.95. The van der Waals surface area contributed by atoms with Crippen molar-refractivity contribution in [2.24, 2.45) is 13.0 Å². The van der Waals surface area contributed by atoms with E-state index in [9.17, 15) is 4.79 Å².